The Labute approximate surface area is 212 Å². The van der Waals surface area contributed by atoms with Gasteiger partial charge in [0.2, 0.25) is 0 Å². The first kappa shape index (κ1) is 25.7. The van der Waals surface area contributed by atoms with Gasteiger partial charge >= 0.3 is 11.9 Å². The van der Waals surface area contributed by atoms with Gasteiger partial charge in [0.15, 0.2) is 5.84 Å². The molecule has 2 N–H and O–H groups in total. The highest BCUT2D eigenvalue weighted by molar-refractivity contribution is 6.31. The highest BCUT2D eigenvalue weighted by Crippen LogP contribution is 2.36. The largest absolute Gasteiger partial charge is 0.480 e. The molecule has 2 aliphatic heterocycles. The van der Waals surface area contributed by atoms with E-state index in [0.717, 1.165) is 11.8 Å². The second kappa shape index (κ2) is 11.2. The third-order valence-corrected chi connectivity index (χ3v) is 6.22. The number of benzene rings is 1. The summed E-state index contributed by atoms with van der Waals surface area (Å²) >= 11 is 6.41. The van der Waals surface area contributed by atoms with Gasteiger partial charge in [0, 0.05) is 35.1 Å². The smallest absolute Gasteiger partial charge is 0.338 e. The van der Waals surface area contributed by atoms with Crippen molar-refractivity contribution in [2.75, 3.05) is 32.9 Å². The number of aliphatic carboxylic acids is 1. The first-order valence-electron chi connectivity index (χ1n) is 11.5. The molecule has 0 unspecified atom stereocenters. The molecule has 0 radical (unpaired) electrons. The first-order valence-corrected chi connectivity index (χ1v) is 11.8. The maximum atomic E-state index is 13.9. The van der Waals surface area contributed by atoms with Crippen molar-refractivity contribution in [3.63, 3.8) is 0 Å². The summed E-state index contributed by atoms with van der Waals surface area (Å²) in [7, 11) is 0. The van der Waals surface area contributed by atoms with Gasteiger partial charge in [-0.15, -0.1) is 0 Å². The van der Waals surface area contributed by atoms with Crippen molar-refractivity contribution in [2.45, 2.75) is 25.9 Å². The Morgan fingerprint density at radius 1 is 1.33 bits per heavy atom. The van der Waals surface area contributed by atoms with Crippen LogP contribution in [0.3, 0.4) is 0 Å². The van der Waals surface area contributed by atoms with Gasteiger partial charge in [0.1, 0.15) is 23.6 Å². The summed E-state index contributed by atoms with van der Waals surface area (Å²) in [4.78, 5) is 36.1. The van der Waals surface area contributed by atoms with Crippen LogP contribution in [-0.4, -0.2) is 71.7 Å². The fourth-order valence-electron chi connectivity index (χ4n) is 4.18. The number of aromatic nitrogens is 1. The summed E-state index contributed by atoms with van der Waals surface area (Å²) in [5.74, 6) is -1.82. The van der Waals surface area contributed by atoms with Crippen LogP contribution in [0.4, 0.5) is 4.39 Å². The molecule has 11 heteroatoms. The third-order valence-electron chi connectivity index (χ3n) is 5.90. The van der Waals surface area contributed by atoms with E-state index in [0.29, 0.717) is 35.9 Å². The number of hydrogen-bond donors (Lipinski definition) is 2. The number of halogens is 2. The Hall–Kier alpha value is -3.34. The van der Waals surface area contributed by atoms with Crippen LogP contribution in [0.15, 0.2) is 52.7 Å². The van der Waals surface area contributed by atoms with Gasteiger partial charge in [-0.3, -0.25) is 14.7 Å². The highest BCUT2D eigenvalue weighted by Gasteiger charge is 2.37. The van der Waals surface area contributed by atoms with Crippen LogP contribution in [0.2, 0.25) is 5.02 Å². The van der Waals surface area contributed by atoms with Crippen molar-refractivity contribution in [1.82, 2.24) is 15.2 Å². The molecule has 2 atom stereocenters. The average molecular weight is 517 g/mol. The van der Waals surface area contributed by atoms with Crippen LogP contribution in [0, 0.1) is 12.7 Å². The summed E-state index contributed by atoms with van der Waals surface area (Å²) in [6, 6.07) is 7.48. The third kappa shape index (κ3) is 5.56. The maximum absolute atomic E-state index is 13.9. The minimum absolute atomic E-state index is 0.0188. The van der Waals surface area contributed by atoms with E-state index in [1.54, 1.807) is 17.9 Å². The summed E-state index contributed by atoms with van der Waals surface area (Å²) in [6.07, 6.45) is 0. The lowest BCUT2D eigenvalue weighted by Gasteiger charge is -2.36. The molecular formula is C25H26ClFN4O5. The van der Waals surface area contributed by atoms with Crippen LogP contribution < -0.4 is 5.32 Å². The lowest BCUT2D eigenvalue weighted by Crippen LogP contribution is -2.52. The Balaban J connectivity index is 1.86. The molecule has 0 spiro atoms. The number of rotatable bonds is 7. The fourth-order valence-corrected chi connectivity index (χ4v) is 4.45. The zero-order chi connectivity index (χ0) is 25.8. The molecule has 3 heterocycles. The number of esters is 1. The molecule has 4 rings (SSSR count). The predicted molar refractivity (Wildman–Crippen MR) is 130 cm³/mol. The number of nitrogens with zero attached hydrogens (tertiary/aromatic N) is 3. The number of ether oxygens (including phenoxy) is 2. The quantitative estimate of drug-likeness (QED) is 0.540. The number of hydrogen-bond acceptors (Lipinski definition) is 8. The van der Waals surface area contributed by atoms with Gasteiger partial charge in [-0.2, -0.15) is 0 Å². The molecule has 1 aromatic heterocycles. The standard InChI is InChI=1S/C25H26ClFN4O5/c1-3-36-25(34)21-19(12-31-9-10-35-13-20(31)24(32)33)29-23(18-6-4-5-14(2)28-18)30-22(21)16-8-7-15(27)11-17(16)26/h4-8,11,20,22H,3,9-10,12-13H2,1-2H3,(H,29,30)(H,32,33)/t20-,22-/m0/s1. The molecule has 190 valence electrons. The van der Waals surface area contributed by atoms with Crippen molar-refractivity contribution in [3.05, 3.63) is 75.5 Å². The predicted octanol–water partition coefficient (Wildman–Crippen LogP) is 2.88. The number of carbonyl (C=O) groups is 2. The minimum atomic E-state index is -1.03. The van der Waals surface area contributed by atoms with Gasteiger partial charge in [-0.25, -0.2) is 14.2 Å². The monoisotopic (exact) mass is 516 g/mol. The molecule has 0 saturated carbocycles. The van der Waals surface area contributed by atoms with Gasteiger partial charge in [0.25, 0.3) is 0 Å². The van der Waals surface area contributed by atoms with Crippen molar-refractivity contribution in [1.29, 1.82) is 0 Å². The molecule has 2 aromatic rings. The van der Waals surface area contributed by atoms with Gasteiger partial charge in [-0.05, 0) is 38.1 Å². The molecule has 9 nitrogen and oxygen atoms in total. The number of aliphatic imine (C=N–C) groups is 1. The van der Waals surface area contributed by atoms with E-state index in [2.05, 4.69) is 10.3 Å². The van der Waals surface area contributed by atoms with E-state index in [1.807, 2.05) is 19.1 Å². The van der Waals surface area contributed by atoms with Crippen LogP contribution in [-0.2, 0) is 19.1 Å². The van der Waals surface area contributed by atoms with Gasteiger partial charge < -0.3 is 19.9 Å². The number of aryl methyl sites for hydroxylation is 1. The van der Waals surface area contributed by atoms with E-state index in [9.17, 15) is 19.1 Å². The van der Waals surface area contributed by atoms with Crippen LogP contribution in [0.5, 0.6) is 0 Å². The summed E-state index contributed by atoms with van der Waals surface area (Å²) in [6.45, 7) is 4.43. The number of nitrogens with one attached hydrogen (secondary N) is 1. The van der Waals surface area contributed by atoms with E-state index in [-0.39, 0.29) is 30.4 Å². The molecule has 1 fully saturated rings. The van der Waals surface area contributed by atoms with Gasteiger partial charge in [0.05, 0.1) is 25.4 Å². The number of morpholine rings is 1. The van der Waals surface area contributed by atoms with Crippen LogP contribution in [0.25, 0.3) is 0 Å². The number of carbonyl (C=O) groups excluding carboxylic acids is 1. The van der Waals surface area contributed by atoms with E-state index >= 15 is 0 Å². The molecule has 2 aliphatic rings. The Morgan fingerprint density at radius 3 is 2.83 bits per heavy atom. The lowest BCUT2D eigenvalue weighted by atomic mass is 9.94. The van der Waals surface area contributed by atoms with Crippen LogP contribution >= 0.6 is 11.6 Å². The molecule has 1 aromatic carbocycles. The van der Waals surface area contributed by atoms with Crippen LogP contribution in [0.1, 0.15) is 29.9 Å². The zero-order valence-corrected chi connectivity index (χ0v) is 20.6. The van der Waals surface area contributed by atoms with E-state index < -0.39 is 29.8 Å². The average Bonchev–Trinajstić information content (AvgIpc) is 2.84. The van der Waals surface area contributed by atoms with Crippen molar-refractivity contribution < 1.29 is 28.6 Å². The molecule has 1 saturated heterocycles. The zero-order valence-electron chi connectivity index (χ0n) is 19.8. The maximum Gasteiger partial charge on any atom is 0.338 e. The number of carboxylic acid groups (broad SMARTS) is 1. The second-order valence-corrected chi connectivity index (χ2v) is 8.75. The minimum Gasteiger partial charge on any atom is -0.480 e. The molecule has 0 aliphatic carbocycles. The molecular weight excluding hydrogens is 491 g/mol. The lowest BCUT2D eigenvalue weighted by molar-refractivity contribution is -0.149. The fraction of sp³-hybridized carbons (Fsp3) is 0.360. The van der Waals surface area contributed by atoms with Crippen molar-refractivity contribution >= 4 is 29.4 Å². The van der Waals surface area contributed by atoms with Gasteiger partial charge in [-0.1, -0.05) is 23.7 Å². The number of amidine groups is 1. The highest BCUT2D eigenvalue weighted by atomic mass is 35.5. The second-order valence-electron chi connectivity index (χ2n) is 8.35. The van der Waals surface area contributed by atoms with E-state index in [1.165, 1.54) is 12.1 Å². The normalized spacial score (nSPS) is 20.5. The summed E-state index contributed by atoms with van der Waals surface area (Å²) in [5.41, 5.74) is 2.25. The number of pyridine rings is 1. The SMILES string of the molecule is CCOC(=O)C1=C(CN2CCOC[C@H]2C(=O)O)NC(c2cccc(C)n2)=N[C@H]1c1ccc(F)cc1Cl. The Kier molecular flexibility index (Phi) is 7.97. The molecule has 36 heavy (non-hydrogen) atoms. The summed E-state index contributed by atoms with van der Waals surface area (Å²) < 4.78 is 24.6. The summed E-state index contributed by atoms with van der Waals surface area (Å²) in [5, 5.41) is 13.0. The van der Waals surface area contributed by atoms with Crippen molar-refractivity contribution in [3.8, 4) is 0 Å². The topological polar surface area (TPSA) is 113 Å². The molecule has 0 bridgehead atoms. The van der Waals surface area contributed by atoms with E-state index in [4.69, 9.17) is 26.1 Å². The molecule has 0 amide bonds. The van der Waals surface area contributed by atoms with Crippen molar-refractivity contribution in [2.24, 2.45) is 4.99 Å². The first-order chi connectivity index (χ1) is 17.3. The Morgan fingerprint density at radius 2 is 2.14 bits per heavy atom. The Bertz CT molecular complexity index is 1230. The number of carboxylic acids is 1.